The smallest absolute Gasteiger partial charge is 0.0761 e. The van der Waals surface area contributed by atoms with Crippen molar-refractivity contribution in [3.8, 4) is 0 Å². The van der Waals surface area contributed by atoms with E-state index in [0.29, 0.717) is 0 Å². The lowest BCUT2D eigenvalue weighted by atomic mass is 10.3. The van der Waals surface area contributed by atoms with Crippen LogP contribution < -0.4 is 5.43 Å². The fourth-order valence-corrected chi connectivity index (χ4v) is 1.43. The van der Waals surface area contributed by atoms with Crippen molar-refractivity contribution < 1.29 is 0 Å². The second-order valence-corrected chi connectivity index (χ2v) is 3.82. The van der Waals surface area contributed by atoms with Gasteiger partial charge in [-0.3, -0.25) is 3.22 Å². The van der Waals surface area contributed by atoms with E-state index in [9.17, 15) is 0 Å². The lowest BCUT2D eigenvalue weighted by molar-refractivity contribution is 0.470. The molecule has 2 nitrogen and oxygen atoms in total. The van der Waals surface area contributed by atoms with E-state index in [1.165, 1.54) is 18.4 Å². The number of hydrogen-bond donors (Lipinski definition) is 1. The van der Waals surface area contributed by atoms with Crippen LogP contribution in [0.4, 0.5) is 0 Å². The number of nitrogens with one attached hydrogen (secondary N) is 1. The summed E-state index contributed by atoms with van der Waals surface area (Å²) < 4.78 is 1.99. The first-order chi connectivity index (χ1) is 5.16. The molecule has 0 rings (SSSR count). The summed E-state index contributed by atoms with van der Waals surface area (Å²) in [5, 5.41) is 0. The predicted molar refractivity (Wildman–Crippen MR) is 58.2 cm³/mol. The first-order valence-electron chi connectivity index (χ1n) is 4.00. The maximum Gasteiger partial charge on any atom is 0.0761 e. The Balaban J connectivity index is 3.37. The van der Waals surface area contributed by atoms with E-state index < -0.39 is 0 Å². The van der Waals surface area contributed by atoms with Gasteiger partial charge >= 0.3 is 0 Å². The van der Waals surface area contributed by atoms with E-state index in [1.807, 2.05) is 3.22 Å². The van der Waals surface area contributed by atoms with Crippen LogP contribution in [0.25, 0.3) is 0 Å². The molecule has 0 amide bonds. The molecule has 0 aromatic carbocycles. The third-order valence-electron chi connectivity index (χ3n) is 1.16. The molecule has 0 spiro atoms. The summed E-state index contributed by atoms with van der Waals surface area (Å²) >= 11 is 2.24. The minimum absolute atomic E-state index is 1.06. The van der Waals surface area contributed by atoms with Crippen molar-refractivity contribution in [3.63, 3.8) is 0 Å². The van der Waals surface area contributed by atoms with E-state index in [1.54, 1.807) is 0 Å². The molecule has 66 valence electrons. The predicted octanol–water partition coefficient (Wildman–Crippen LogP) is 2.87. The fraction of sp³-hybridized carbons (Fsp3) is 0.750. The maximum absolute atomic E-state index is 3.26. The lowest BCUT2D eigenvalue weighted by Crippen LogP contribution is -2.25. The van der Waals surface area contributed by atoms with Crippen molar-refractivity contribution in [1.29, 1.82) is 0 Å². The summed E-state index contributed by atoms with van der Waals surface area (Å²) in [6, 6.07) is 0. The molecule has 0 aromatic heterocycles. The maximum atomic E-state index is 3.26. The van der Waals surface area contributed by atoms with Gasteiger partial charge in [0, 0.05) is 12.7 Å². The molecule has 0 unspecified atom stereocenters. The summed E-state index contributed by atoms with van der Waals surface area (Å²) in [7, 11) is 0. The number of hydrazine groups is 1. The second-order valence-electron chi connectivity index (χ2n) is 2.78. The normalized spacial score (nSPS) is 9.45. The van der Waals surface area contributed by atoms with Crippen LogP contribution in [0.1, 0.15) is 33.6 Å². The van der Waals surface area contributed by atoms with Crippen LogP contribution in [-0.2, 0) is 0 Å². The Morgan fingerprint density at radius 1 is 1.55 bits per heavy atom. The topological polar surface area (TPSA) is 15.3 Å². The molecular formula is C8H17IN2. The van der Waals surface area contributed by atoms with E-state index in [4.69, 9.17) is 0 Å². The zero-order valence-corrected chi connectivity index (χ0v) is 9.68. The highest BCUT2D eigenvalue weighted by Gasteiger charge is 1.90. The van der Waals surface area contributed by atoms with Crippen molar-refractivity contribution in [1.82, 2.24) is 8.65 Å². The van der Waals surface area contributed by atoms with Gasteiger partial charge in [0.1, 0.15) is 0 Å². The highest BCUT2D eigenvalue weighted by molar-refractivity contribution is 14.1. The third-order valence-corrected chi connectivity index (χ3v) is 1.78. The van der Waals surface area contributed by atoms with Crippen molar-refractivity contribution in [2.45, 2.75) is 33.6 Å². The molecule has 0 heterocycles. The standard InChI is InChI=1S/C8H17IN2/c1-4-5-6-10-11(9)7-8(2)3/h7,10H,4-6H2,1-3H3. The average Bonchev–Trinajstić information content (AvgIpc) is 1.86. The first-order valence-corrected chi connectivity index (χ1v) is 4.97. The van der Waals surface area contributed by atoms with Gasteiger partial charge < -0.3 is 0 Å². The molecule has 0 aromatic rings. The Morgan fingerprint density at radius 3 is 2.64 bits per heavy atom. The van der Waals surface area contributed by atoms with Gasteiger partial charge in [0.05, 0.1) is 22.9 Å². The Bertz CT molecular complexity index is 119. The van der Waals surface area contributed by atoms with Crippen LogP contribution in [0.5, 0.6) is 0 Å². The number of allylic oxidation sites excluding steroid dienone is 1. The summed E-state index contributed by atoms with van der Waals surface area (Å²) in [6.07, 6.45) is 4.55. The largest absolute Gasteiger partial charge is 0.256 e. The number of unbranched alkanes of at least 4 members (excludes halogenated alkanes) is 1. The minimum atomic E-state index is 1.06. The summed E-state index contributed by atoms with van der Waals surface area (Å²) in [5.41, 5.74) is 4.57. The number of hydrogen-bond acceptors (Lipinski definition) is 2. The lowest BCUT2D eigenvalue weighted by Gasteiger charge is -2.12. The quantitative estimate of drug-likeness (QED) is 0.357. The number of halogens is 1. The third kappa shape index (κ3) is 8.13. The molecule has 0 saturated carbocycles. The molecule has 0 fully saturated rings. The monoisotopic (exact) mass is 268 g/mol. The van der Waals surface area contributed by atoms with Gasteiger partial charge in [0.25, 0.3) is 0 Å². The van der Waals surface area contributed by atoms with Crippen molar-refractivity contribution in [3.05, 3.63) is 11.8 Å². The summed E-state index contributed by atoms with van der Waals surface area (Å²) in [5.74, 6) is 0. The van der Waals surface area contributed by atoms with Crippen molar-refractivity contribution in [2.24, 2.45) is 0 Å². The van der Waals surface area contributed by atoms with Gasteiger partial charge in [0.15, 0.2) is 0 Å². The Labute approximate surface area is 83.5 Å². The molecule has 0 bridgehead atoms. The molecule has 0 radical (unpaired) electrons. The molecule has 3 heteroatoms. The molecular weight excluding hydrogens is 251 g/mol. The van der Waals surface area contributed by atoms with Gasteiger partial charge in [-0.05, 0) is 20.3 Å². The molecule has 1 N–H and O–H groups in total. The highest BCUT2D eigenvalue weighted by Crippen LogP contribution is 1.99. The van der Waals surface area contributed by atoms with E-state index in [0.717, 1.165) is 6.54 Å². The average molecular weight is 268 g/mol. The van der Waals surface area contributed by atoms with Crippen LogP contribution >= 0.6 is 22.9 Å². The van der Waals surface area contributed by atoms with Crippen molar-refractivity contribution >= 4 is 22.9 Å². The number of nitrogens with zero attached hydrogens (tertiary/aromatic N) is 1. The highest BCUT2D eigenvalue weighted by atomic mass is 127. The molecule has 0 aliphatic heterocycles. The van der Waals surface area contributed by atoms with Crippen molar-refractivity contribution in [2.75, 3.05) is 6.54 Å². The van der Waals surface area contributed by atoms with E-state index >= 15 is 0 Å². The number of rotatable bonds is 5. The fourth-order valence-electron chi connectivity index (χ4n) is 0.635. The van der Waals surface area contributed by atoms with E-state index in [-0.39, 0.29) is 0 Å². The zero-order valence-electron chi connectivity index (χ0n) is 7.52. The second kappa shape index (κ2) is 6.91. The Morgan fingerprint density at radius 2 is 2.18 bits per heavy atom. The molecule has 0 aliphatic rings. The Kier molecular flexibility index (Phi) is 7.06. The summed E-state index contributed by atoms with van der Waals surface area (Å²) in [6.45, 7) is 7.43. The zero-order chi connectivity index (χ0) is 8.69. The van der Waals surface area contributed by atoms with Crippen LogP contribution in [-0.4, -0.2) is 9.77 Å². The minimum Gasteiger partial charge on any atom is -0.256 e. The Hall–Kier alpha value is 0.230. The van der Waals surface area contributed by atoms with Gasteiger partial charge in [-0.25, -0.2) is 5.43 Å². The summed E-state index contributed by atoms with van der Waals surface area (Å²) in [4.78, 5) is 0. The molecule has 0 atom stereocenters. The molecule has 0 saturated heterocycles. The van der Waals surface area contributed by atoms with Gasteiger partial charge in [-0.2, -0.15) is 0 Å². The molecule has 0 aliphatic carbocycles. The first kappa shape index (κ1) is 11.2. The van der Waals surface area contributed by atoms with Gasteiger partial charge in [-0.15, -0.1) is 0 Å². The van der Waals surface area contributed by atoms with Crippen LogP contribution in [0.3, 0.4) is 0 Å². The van der Waals surface area contributed by atoms with Gasteiger partial charge in [-0.1, -0.05) is 18.9 Å². The van der Waals surface area contributed by atoms with Crippen LogP contribution in [0.15, 0.2) is 11.8 Å². The van der Waals surface area contributed by atoms with E-state index in [2.05, 4.69) is 55.3 Å². The SMILES string of the molecule is CCCCNN(I)C=C(C)C. The molecule has 11 heavy (non-hydrogen) atoms. The van der Waals surface area contributed by atoms with Crippen LogP contribution in [0.2, 0.25) is 0 Å². The van der Waals surface area contributed by atoms with Gasteiger partial charge in [0.2, 0.25) is 0 Å². The van der Waals surface area contributed by atoms with Crippen LogP contribution in [0, 0.1) is 0 Å².